The zero-order chi connectivity index (χ0) is 21.4. The van der Waals surface area contributed by atoms with E-state index >= 15 is 0 Å². The fourth-order valence-electron chi connectivity index (χ4n) is 4.70. The molecule has 1 spiro atoms. The lowest BCUT2D eigenvalue weighted by molar-refractivity contribution is -0.187. The number of fused-ring (bicyclic) bond motifs is 1. The van der Waals surface area contributed by atoms with E-state index < -0.39 is 5.79 Å². The van der Waals surface area contributed by atoms with Crippen LogP contribution in [0.15, 0.2) is 48.7 Å². The number of para-hydroxylation sites is 1. The number of hydrogen-bond acceptors (Lipinski definition) is 3. The maximum absolute atomic E-state index is 13.3. The fourth-order valence-corrected chi connectivity index (χ4v) is 5.01. The number of ether oxygens (including phenoxy) is 2. The number of aromatic nitrogens is 1. The van der Waals surface area contributed by atoms with E-state index in [-0.39, 0.29) is 11.8 Å². The molecule has 0 aliphatic carbocycles. The highest BCUT2D eigenvalue weighted by Crippen LogP contribution is 2.37. The largest absolute Gasteiger partial charge is 0.361 e. The molecule has 1 aromatic heterocycles. The Morgan fingerprint density at radius 3 is 2.55 bits per heavy atom. The second kappa shape index (κ2) is 8.47. The first-order valence-electron chi connectivity index (χ1n) is 10.6. The van der Waals surface area contributed by atoms with Gasteiger partial charge in [-0.1, -0.05) is 47.5 Å². The van der Waals surface area contributed by atoms with E-state index in [0.29, 0.717) is 55.6 Å². The lowest BCUT2D eigenvalue weighted by Gasteiger charge is -2.38. The summed E-state index contributed by atoms with van der Waals surface area (Å²) >= 11 is 12.5. The van der Waals surface area contributed by atoms with Crippen LogP contribution in [0.2, 0.25) is 10.0 Å². The summed E-state index contributed by atoms with van der Waals surface area (Å²) in [5.41, 5.74) is 3.10. The van der Waals surface area contributed by atoms with E-state index in [2.05, 4.69) is 11.1 Å². The van der Waals surface area contributed by atoms with Gasteiger partial charge in [-0.05, 0) is 29.3 Å². The van der Waals surface area contributed by atoms with Gasteiger partial charge in [0, 0.05) is 55.4 Å². The van der Waals surface area contributed by atoms with Crippen LogP contribution < -0.4 is 0 Å². The van der Waals surface area contributed by atoms with E-state index in [1.165, 1.54) is 0 Å². The zero-order valence-electron chi connectivity index (χ0n) is 17.1. The average molecular weight is 459 g/mol. The van der Waals surface area contributed by atoms with Gasteiger partial charge in [0.05, 0.1) is 23.3 Å². The van der Waals surface area contributed by atoms with Gasteiger partial charge in [0.15, 0.2) is 5.79 Å². The van der Waals surface area contributed by atoms with Crippen LogP contribution in [0.3, 0.4) is 0 Å². The summed E-state index contributed by atoms with van der Waals surface area (Å²) in [4.78, 5) is 18.6. The summed E-state index contributed by atoms with van der Waals surface area (Å²) in [7, 11) is 0. The third-order valence-corrected chi connectivity index (χ3v) is 7.15. The lowest BCUT2D eigenvalue weighted by atomic mass is 9.87. The second-order valence-electron chi connectivity index (χ2n) is 8.21. The molecule has 3 heterocycles. The number of carbonyl (C=O) groups excluding carboxylic acids is 1. The van der Waals surface area contributed by atoms with Crippen LogP contribution in [0.25, 0.3) is 10.9 Å². The van der Waals surface area contributed by atoms with Gasteiger partial charge in [0.2, 0.25) is 5.91 Å². The molecule has 1 N–H and O–H groups in total. The molecule has 0 bridgehead atoms. The number of halogens is 2. The number of piperidine rings is 1. The van der Waals surface area contributed by atoms with Crippen molar-refractivity contribution < 1.29 is 14.3 Å². The Bertz CT molecular complexity index is 1100. The van der Waals surface area contributed by atoms with Crippen LogP contribution in [-0.4, -0.2) is 47.9 Å². The lowest BCUT2D eigenvalue weighted by Crippen LogP contribution is -2.47. The molecule has 2 aliphatic heterocycles. The van der Waals surface area contributed by atoms with Crippen molar-refractivity contribution in [1.82, 2.24) is 9.88 Å². The molecule has 1 atom stereocenters. The number of aromatic amines is 1. The van der Waals surface area contributed by atoms with Gasteiger partial charge in [-0.3, -0.25) is 4.79 Å². The van der Waals surface area contributed by atoms with Crippen molar-refractivity contribution >= 4 is 40.0 Å². The van der Waals surface area contributed by atoms with Crippen molar-refractivity contribution in [3.8, 4) is 0 Å². The molecule has 2 fully saturated rings. The first-order valence-corrected chi connectivity index (χ1v) is 11.4. The standard InChI is InChI=1S/C24H24Cl2N2O3/c25-20-6-5-16(13-21(20)26)18(19-15-27-22-4-2-1-3-17(19)22)14-23(29)28-9-7-24(8-10-28)30-11-12-31-24/h1-6,13,15,18,27H,7-12,14H2. The minimum Gasteiger partial charge on any atom is -0.361 e. The molecular formula is C24H24Cl2N2O3. The highest BCUT2D eigenvalue weighted by molar-refractivity contribution is 6.42. The first-order chi connectivity index (χ1) is 15.0. The van der Waals surface area contributed by atoms with Crippen LogP contribution in [-0.2, 0) is 14.3 Å². The first kappa shape index (κ1) is 20.8. The SMILES string of the molecule is O=C(CC(c1ccc(Cl)c(Cl)c1)c1c[nH]c2ccccc12)N1CCC2(CC1)OCCO2. The third kappa shape index (κ3) is 4.08. The molecule has 5 rings (SSSR count). The number of amides is 1. The van der Waals surface area contributed by atoms with Crippen molar-refractivity contribution in [3.05, 3.63) is 69.8 Å². The van der Waals surface area contributed by atoms with E-state index in [4.69, 9.17) is 32.7 Å². The number of rotatable bonds is 4. The monoisotopic (exact) mass is 458 g/mol. The molecule has 162 valence electrons. The summed E-state index contributed by atoms with van der Waals surface area (Å²) in [6, 6.07) is 13.8. The molecule has 3 aromatic rings. The molecule has 5 nitrogen and oxygen atoms in total. The summed E-state index contributed by atoms with van der Waals surface area (Å²) in [6.07, 6.45) is 3.78. The zero-order valence-corrected chi connectivity index (χ0v) is 18.6. The van der Waals surface area contributed by atoms with Crippen molar-refractivity contribution in [3.63, 3.8) is 0 Å². The summed E-state index contributed by atoms with van der Waals surface area (Å²) < 4.78 is 11.6. The fraction of sp³-hybridized carbons (Fsp3) is 0.375. The maximum atomic E-state index is 13.3. The minimum absolute atomic E-state index is 0.120. The van der Waals surface area contributed by atoms with Gasteiger partial charge in [-0.15, -0.1) is 0 Å². The van der Waals surface area contributed by atoms with E-state index in [1.807, 2.05) is 41.4 Å². The summed E-state index contributed by atoms with van der Waals surface area (Å²) in [5, 5.41) is 2.11. The van der Waals surface area contributed by atoms with Gasteiger partial charge in [-0.2, -0.15) is 0 Å². The number of hydrogen-bond donors (Lipinski definition) is 1. The molecule has 0 radical (unpaired) electrons. The Kier molecular flexibility index (Phi) is 5.69. The van der Waals surface area contributed by atoms with E-state index in [1.54, 1.807) is 6.07 Å². The molecule has 31 heavy (non-hydrogen) atoms. The number of likely N-dealkylation sites (tertiary alicyclic amines) is 1. The number of nitrogens with one attached hydrogen (secondary N) is 1. The molecule has 7 heteroatoms. The van der Waals surface area contributed by atoms with E-state index in [0.717, 1.165) is 22.0 Å². The van der Waals surface area contributed by atoms with Crippen LogP contribution in [0, 0.1) is 0 Å². The number of benzene rings is 2. The number of carbonyl (C=O) groups is 1. The molecular weight excluding hydrogens is 435 g/mol. The second-order valence-corrected chi connectivity index (χ2v) is 9.02. The van der Waals surface area contributed by atoms with Crippen LogP contribution in [0.4, 0.5) is 0 Å². The van der Waals surface area contributed by atoms with Gasteiger partial charge < -0.3 is 19.4 Å². The topological polar surface area (TPSA) is 54.6 Å². The van der Waals surface area contributed by atoms with Gasteiger partial charge in [0.1, 0.15) is 0 Å². The predicted molar refractivity (Wildman–Crippen MR) is 122 cm³/mol. The molecule has 2 aromatic carbocycles. The predicted octanol–water partition coefficient (Wildman–Crippen LogP) is 5.36. The number of H-pyrrole nitrogens is 1. The molecule has 2 saturated heterocycles. The Balaban J connectivity index is 1.42. The third-order valence-electron chi connectivity index (χ3n) is 6.41. The van der Waals surface area contributed by atoms with Crippen molar-refractivity contribution in [1.29, 1.82) is 0 Å². The van der Waals surface area contributed by atoms with Crippen molar-refractivity contribution in [2.24, 2.45) is 0 Å². The quantitative estimate of drug-likeness (QED) is 0.572. The molecule has 2 aliphatic rings. The van der Waals surface area contributed by atoms with Crippen molar-refractivity contribution in [2.75, 3.05) is 26.3 Å². The van der Waals surface area contributed by atoms with Crippen LogP contribution in [0.5, 0.6) is 0 Å². The van der Waals surface area contributed by atoms with Crippen LogP contribution in [0.1, 0.15) is 36.3 Å². The molecule has 1 amide bonds. The molecule has 0 saturated carbocycles. The Morgan fingerprint density at radius 1 is 1.06 bits per heavy atom. The Morgan fingerprint density at radius 2 is 1.81 bits per heavy atom. The Labute approximate surface area is 191 Å². The van der Waals surface area contributed by atoms with Gasteiger partial charge in [-0.25, -0.2) is 0 Å². The summed E-state index contributed by atoms with van der Waals surface area (Å²) in [6.45, 7) is 2.55. The maximum Gasteiger partial charge on any atom is 0.223 e. The number of nitrogens with zero attached hydrogens (tertiary/aromatic N) is 1. The smallest absolute Gasteiger partial charge is 0.223 e. The minimum atomic E-state index is -0.489. The summed E-state index contributed by atoms with van der Waals surface area (Å²) in [5.74, 6) is -0.501. The van der Waals surface area contributed by atoms with Gasteiger partial charge in [0.25, 0.3) is 0 Å². The van der Waals surface area contributed by atoms with Crippen molar-refractivity contribution in [2.45, 2.75) is 31.0 Å². The van der Waals surface area contributed by atoms with Gasteiger partial charge >= 0.3 is 0 Å². The Hall–Kier alpha value is -2.05. The van der Waals surface area contributed by atoms with Crippen LogP contribution >= 0.6 is 23.2 Å². The highest BCUT2D eigenvalue weighted by atomic mass is 35.5. The van der Waals surface area contributed by atoms with E-state index in [9.17, 15) is 4.79 Å². The average Bonchev–Trinajstić information content (AvgIpc) is 3.42. The molecule has 1 unspecified atom stereocenters. The highest BCUT2D eigenvalue weighted by Gasteiger charge is 2.41. The normalized spacial score (nSPS) is 19.2.